The third-order valence-electron chi connectivity index (χ3n) is 5.47. The number of ketones is 2. The first-order valence-corrected chi connectivity index (χ1v) is 9.36. The van der Waals surface area contributed by atoms with Crippen molar-refractivity contribution in [2.45, 2.75) is 18.4 Å². The van der Waals surface area contributed by atoms with Gasteiger partial charge in [0, 0.05) is 21.3 Å². The van der Waals surface area contributed by atoms with Gasteiger partial charge in [-0.05, 0) is 52.8 Å². The second kappa shape index (κ2) is 5.92. The monoisotopic (exact) mass is 495 g/mol. The number of rotatable bonds is 1. The molecule has 4 rings (SSSR count). The molecule has 0 spiro atoms. The number of amides is 1. The molecule has 0 aromatic heterocycles. The summed E-state index contributed by atoms with van der Waals surface area (Å²) >= 11 is 2.02. The minimum absolute atomic E-state index is 0.00531. The summed E-state index contributed by atoms with van der Waals surface area (Å²) in [5.74, 6) is -5.96. The van der Waals surface area contributed by atoms with E-state index in [1.54, 1.807) is 12.1 Å². The van der Waals surface area contributed by atoms with E-state index in [-0.39, 0.29) is 29.5 Å². The van der Waals surface area contributed by atoms with E-state index in [0.717, 1.165) is 3.57 Å². The van der Waals surface area contributed by atoms with Crippen LogP contribution in [0.15, 0.2) is 29.5 Å². The topological polar surface area (TPSA) is 158 Å². The third kappa shape index (κ3) is 2.23. The molecule has 0 fully saturated rings. The average Bonchev–Trinajstić information content (AvgIpc) is 2.61. The van der Waals surface area contributed by atoms with E-state index in [1.807, 2.05) is 22.6 Å². The first-order valence-electron chi connectivity index (χ1n) is 8.28. The molecule has 0 aliphatic heterocycles. The molecule has 1 amide bonds. The van der Waals surface area contributed by atoms with Gasteiger partial charge in [-0.25, -0.2) is 0 Å². The van der Waals surface area contributed by atoms with Gasteiger partial charge in [-0.2, -0.15) is 0 Å². The lowest BCUT2D eigenvalue weighted by atomic mass is 9.64. The molecule has 9 heteroatoms. The zero-order valence-electron chi connectivity index (χ0n) is 14.2. The molecular weight excluding hydrogens is 481 g/mol. The Morgan fingerprint density at radius 1 is 1.18 bits per heavy atom. The summed E-state index contributed by atoms with van der Waals surface area (Å²) in [6.45, 7) is 0. The van der Waals surface area contributed by atoms with Crippen molar-refractivity contribution in [3.05, 3.63) is 44.2 Å². The molecule has 6 N–H and O–H groups in total. The summed E-state index contributed by atoms with van der Waals surface area (Å²) in [6, 6.07) is 4.62. The molecule has 0 radical (unpaired) electrons. The maximum Gasteiger partial charge on any atom is 0.255 e. The lowest BCUT2D eigenvalue weighted by Gasteiger charge is -2.41. The number of fused-ring (bicyclic) bond motifs is 3. The number of aliphatic hydroxyl groups is 2. The summed E-state index contributed by atoms with van der Waals surface area (Å²) in [5, 5.41) is 42.9. The van der Waals surface area contributed by atoms with E-state index < -0.39 is 46.1 Å². The summed E-state index contributed by atoms with van der Waals surface area (Å²) in [6.07, 6.45) is -0.366. The molecule has 0 saturated carbocycles. The second-order valence-corrected chi connectivity index (χ2v) is 8.12. The SMILES string of the molecule is NC(=O)C1=C(O)[C@@]2(O)C(=O)c3c(cc4c(I)ccc(O)c4c3O)CC2CC1=O. The number of primary amides is 1. The van der Waals surface area contributed by atoms with Crippen molar-refractivity contribution in [1.82, 2.24) is 0 Å². The van der Waals surface area contributed by atoms with Gasteiger partial charge in [-0.1, -0.05) is 0 Å². The summed E-state index contributed by atoms with van der Waals surface area (Å²) in [4.78, 5) is 36.9. The molecule has 2 atom stereocenters. The van der Waals surface area contributed by atoms with E-state index in [2.05, 4.69) is 0 Å². The van der Waals surface area contributed by atoms with Crippen LogP contribution in [0.5, 0.6) is 11.5 Å². The fourth-order valence-electron chi connectivity index (χ4n) is 4.12. The van der Waals surface area contributed by atoms with Gasteiger partial charge >= 0.3 is 0 Å². The van der Waals surface area contributed by atoms with E-state index >= 15 is 0 Å². The van der Waals surface area contributed by atoms with Crippen LogP contribution in [0.2, 0.25) is 0 Å². The van der Waals surface area contributed by atoms with Crippen molar-refractivity contribution in [2.75, 3.05) is 0 Å². The number of halogens is 1. The predicted molar refractivity (Wildman–Crippen MR) is 105 cm³/mol. The van der Waals surface area contributed by atoms with E-state index in [0.29, 0.717) is 10.9 Å². The van der Waals surface area contributed by atoms with Crippen molar-refractivity contribution in [2.24, 2.45) is 11.7 Å². The number of hydrogen-bond acceptors (Lipinski definition) is 7. The number of nitrogens with two attached hydrogens (primary N) is 1. The number of benzene rings is 2. The molecule has 144 valence electrons. The van der Waals surface area contributed by atoms with Crippen LogP contribution in [0.25, 0.3) is 10.8 Å². The summed E-state index contributed by atoms with van der Waals surface area (Å²) in [7, 11) is 0. The van der Waals surface area contributed by atoms with Crippen LogP contribution >= 0.6 is 22.6 Å². The fraction of sp³-hybridized carbons (Fsp3) is 0.211. The van der Waals surface area contributed by atoms with E-state index in [4.69, 9.17) is 5.73 Å². The Balaban J connectivity index is 2.04. The van der Waals surface area contributed by atoms with Crippen molar-refractivity contribution in [3.63, 3.8) is 0 Å². The van der Waals surface area contributed by atoms with Gasteiger partial charge in [-0.15, -0.1) is 0 Å². The molecular formula is C19H14INO7. The fourth-order valence-corrected chi connectivity index (χ4v) is 4.73. The van der Waals surface area contributed by atoms with Crippen LogP contribution in [0, 0.1) is 9.49 Å². The number of phenols is 2. The number of Topliss-reactive ketones (excluding diaryl/α,β-unsaturated/α-hetero) is 2. The molecule has 2 aliphatic rings. The van der Waals surface area contributed by atoms with Crippen molar-refractivity contribution in [3.8, 4) is 11.5 Å². The number of phenolic OH excluding ortho intramolecular Hbond substituents is 2. The standard InChI is InChI=1S/C19H14INO7/c20-9-1-2-10(22)13-8(9)4-6-3-7-5-11(23)14(18(21)27)17(26)19(7,28)16(25)12(6)15(13)24/h1-2,4,7,22,24,26,28H,3,5H2,(H2,21,27)/t7?,19-/m0/s1. The third-order valence-corrected chi connectivity index (χ3v) is 6.41. The number of aliphatic hydroxyl groups excluding tert-OH is 1. The van der Waals surface area contributed by atoms with Gasteiger partial charge < -0.3 is 26.2 Å². The van der Waals surface area contributed by atoms with Crippen LogP contribution in [0.3, 0.4) is 0 Å². The van der Waals surface area contributed by atoms with Crippen LogP contribution in [-0.4, -0.2) is 43.5 Å². The Bertz CT molecular complexity index is 1150. The van der Waals surface area contributed by atoms with Gasteiger partial charge in [0.1, 0.15) is 22.8 Å². The highest BCUT2D eigenvalue weighted by atomic mass is 127. The normalized spacial score (nSPS) is 24.3. The molecule has 8 nitrogen and oxygen atoms in total. The average molecular weight is 495 g/mol. The second-order valence-electron chi connectivity index (χ2n) is 6.96. The van der Waals surface area contributed by atoms with Crippen LogP contribution in [0.1, 0.15) is 22.3 Å². The quantitative estimate of drug-likeness (QED) is 0.294. The van der Waals surface area contributed by atoms with Crippen molar-refractivity contribution >= 4 is 50.8 Å². The van der Waals surface area contributed by atoms with Gasteiger partial charge in [0.05, 0.1) is 10.9 Å². The largest absolute Gasteiger partial charge is 0.508 e. The van der Waals surface area contributed by atoms with Crippen LogP contribution < -0.4 is 5.73 Å². The summed E-state index contributed by atoms with van der Waals surface area (Å²) in [5.41, 5.74) is 1.85. The highest BCUT2D eigenvalue weighted by Crippen LogP contribution is 2.49. The molecule has 0 bridgehead atoms. The maximum atomic E-state index is 13.2. The number of carbonyl (C=O) groups is 3. The highest BCUT2D eigenvalue weighted by molar-refractivity contribution is 14.1. The van der Waals surface area contributed by atoms with Gasteiger partial charge in [0.2, 0.25) is 5.78 Å². The molecule has 0 heterocycles. The van der Waals surface area contributed by atoms with Crippen LogP contribution in [0.4, 0.5) is 0 Å². The minimum Gasteiger partial charge on any atom is -0.508 e. The molecule has 1 unspecified atom stereocenters. The Hall–Kier alpha value is -2.66. The number of carbonyl (C=O) groups excluding carboxylic acids is 3. The zero-order valence-corrected chi connectivity index (χ0v) is 16.4. The van der Waals surface area contributed by atoms with Gasteiger partial charge in [0.25, 0.3) is 5.91 Å². The lowest BCUT2D eigenvalue weighted by molar-refractivity contribution is -0.125. The molecule has 2 aromatic carbocycles. The predicted octanol–water partition coefficient (Wildman–Crippen LogP) is 1.21. The Labute approximate surface area is 171 Å². The van der Waals surface area contributed by atoms with Crippen molar-refractivity contribution < 1.29 is 34.8 Å². The molecule has 0 saturated heterocycles. The first kappa shape index (κ1) is 18.7. The van der Waals surface area contributed by atoms with Crippen LogP contribution in [-0.2, 0) is 16.0 Å². The van der Waals surface area contributed by atoms with Gasteiger partial charge in [0.15, 0.2) is 11.4 Å². The molecule has 2 aliphatic carbocycles. The highest BCUT2D eigenvalue weighted by Gasteiger charge is 2.57. The smallest absolute Gasteiger partial charge is 0.255 e. The van der Waals surface area contributed by atoms with Gasteiger partial charge in [-0.3, -0.25) is 14.4 Å². The maximum absolute atomic E-state index is 13.2. The minimum atomic E-state index is -2.56. The van der Waals surface area contributed by atoms with E-state index in [9.17, 15) is 34.8 Å². The Morgan fingerprint density at radius 3 is 2.50 bits per heavy atom. The zero-order chi connectivity index (χ0) is 20.5. The number of hydrogen-bond donors (Lipinski definition) is 5. The van der Waals surface area contributed by atoms with Crippen molar-refractivity contribution in [1.29, 1.82) is 0 Å². The molecule has 28 heavy (non-hydrogen) atoms. The number of aromatic hydroxyl groups is 2. The lowest BCUT2D eigenvalue weighted by Crippen LogP contribution is -2.56. The summed E-state index contributed by atoms with van der Waals surface area (Å²) < 4.78 is 0.718. The Kier molecular flexibility index (Phi) is 3.95. The Morgan fingerprint density at radius 2 is 1.86 bits per heavy atom. The first-order chi connectivity index (χ1) is 13.1. The van der Waals surface area contributed by atoms with E-state index in [1.165, 1.54) is 6.07 Å². The molecule has 2 aromatic rings.